The number of aliphatic carboxylic acids is 1. The minimum Gasteiger partial charge on any atom is -0.481 e. The van der Waals surface area contributed by atoms with Gasteiger partial charge in [0.05, 0.1) is 12.1 Å². The summed E-state index contributed by atoms with van der Waals surface area (Å²) in [5.41, 5.74) is 2.75. The number of aryl methyl sites for hydroxylation is 2. The molecule has 2 rings (SSSR count). The van der Waals surface area contributed by atoms with Gasteiger partial charge in [-0.2, -0.15) is 5.10 Å². The quantitative estimate of drug-likeness (QED) is 0.828. The Morgan fingerprint density at radius 1 is 1.50 bits per heavy atom. The highest BCUT2D eigenvalue weighted by atomic mass is 16.4. The van der Waals surface area contributed by atoms with Crippen molar-refractivity contribution in [2.75, 3.05) is 0 Å². The van der Waals surface area contributed by atoms with Crippen LogP contribution in [0.1, 0.15) is 36.2 Å². The fourth-order valence-corrected chi connectivity index (χ4v) is 2.07. The Morgan fingerprint density at radius 3 is 2.75 bits per heavy atom. The van der Waals surface area contributed by atoms with Gasteiger partial charge in [0.25, 0.3) is 0 Å². The zero-order chi connectivity index (χ0) is 11.7. The molecule has 16 heavy (non-hydrogen) atoms. The van der Waals surface area contributed by atoms with Crippen LogP contribution in [0, 0.1) is 19.8 Å². The minimum absolute atomic E-state index is 0.0844. The first-order valence-corrected chi connectivity index (χ1v) is 5.82. The lowest BCUT2D eigenvalue weighted by Crippen LogP contribution is -2.05. The van der Waals surface area contributed by atoms with Gasteiger partial charge in [0.15, 0.2) is 0 Å². The van der Waals surface area contributed by atoms with E-state index in [0.717, 1.165) is 29.4 Å². The van der Waals surface area contributed by atoms with Gasteiger partial charge in [0, 0.05) is 17.8 Å². The average molecular weight is 222 g/mol. The van der Waals surface area contributed by atoms with Gasteiger partial charge in [0.2, 0.25) is 0 Å². The van der Waals surface area contributed by atoms with E-state index in [9.17, 15) is 4.79 Å². The van der Waals surface area contributed by atoms with Crippen molar-refractivity contribution in [2.45, 2.75) is 46.1 Å². The second-order valence-corrected chi connectivity index (χ2v) is 4.68. The summed E-state index contributed by atoms with van der Waals surface area (Å²) >= 11 is 0. The molecular weight excluding hydrogens is 204 g/mol. The highest BCUT2D eigenvalue weighted by Crippen LogP contribution is 2.33. The highest BCUT2D eigenvalue weighted by Gasteiger charge is 2.22. The number of hydrogen-bond acceptors (Lipinski definition) is 2. The molecule has 0 bridgehead atoms. The molecule has 0 aromatic carbocycles. The van der Waals surface area contributed by atoms with Gasteiger partial charge >= 0.3 is 5.97 Å². The summed E-state index contributed by atoms with van der Waals surface area (Å²) in [5, 5.41) is 13.2. The molecule has 1 heterocycles. The Morgan fingerprint density at radius 2 is 2.19 bits per heavy atom. The Hall–Kier alpha value is -1.32. The third-order valence-electron chi connectivity index (χ3n) is 3.31. The standard InChI is InChI=1S/C12H18N2O2/c1-8-11(7-12(15)16)9(2)14(13-8)6-5-10-3-4-10/h10H,3-7H2,1-2H3,(H,15,16). The van der Waals surface area contributed by atoms with Gasteiger partial charge < -0.3 is 5.11 Å². The van der Waals surface area contributed by atoms with Crippen molar-refractivity contribution in [2.24, 2.45) is 5.92 Å². The summed E-state index contributed by atoms with van der Waals surface area (Å²) in [6.07, 6.45) is 3.96. The number of rotatable bonds is 5. The number of nitrogens with zero attached hydrogens (tertiary/aromatic N) is 2. The van der Waals surface area contributed by atoms with Crippen LogP contribution in [0.15, 0.2) is 0 Å². The van der Waals surface area contributed by atoms with Gasteiger partial charge in [-0.15, -0.1) is 0 Å². The Balaban J connectivity index is 2.09. The number of hydrogen-bond donors (Lipinski definition) is 1. The molecule has 0 spiro atoms. The SMILES string of the molecule is Cc1nn(CCC2CC2)c(C)c1CC(=O)O. The predicted molar refractivity (Wildman–Crippen MR) is 60.4 cm³/mol. The van der Waals surface area contributed by atoms with Crippen LogP contribution in [0.3, 0.4) is 0 Å². The summed E-state index contributed by atoms with van der Waals surface area (Å²) in [4.78, 5) is 10.7. The normalized spacial score (nSPS) is 15.4. The Kier molecular flexibility index (Phi) is 2.99. The van der Waals surface area contributed by atoms with Gasteiger partial charge in [-0.3, -0.25) is 9.48 Å². The number of aromatic nitrogens is 2. The summed E-state index contributed by atoms with van der Waals surface area (Å²) in [7, 11) is 0. The Labute approximate surface area is 95.3 Å². The monoisotopic (exact) mass is 222 g/mol. The number of carboxylic acid groups (broad SMARTS) is 1. The second kappa shape index (κ2) is 4.28. The van der Waals surface area contributed by atoms with Gasteiger partial charge in [-0.1, -0.05) is 12.8 Å². The molecule has 1 aromatic rings. The largest absolute Gasteiger partial charge is 0.481 e. The molecule has 1 N–H and O–H groups in total. The van der Waals surface area contributed by atoms with E-state index in [2.05, 4.69) is 5.10 Å². The van der Waals surface area contributed by atoms with Crippen molar-refractivity contribution in [3.05, 3.63) is 17.0 Å². The molecule has 1 aliphatic carbocycles. The lowest BCUT2D eigenvalue weighted by Gasteiger charge is -2.03. The molecule has 0 unspecified atom stereocenters. The van der Waals surface area contributed by atoms with Crippen molar-refractivity contribution in [1.82, 2.24) is 9.78 Å². The smallest absolute Gasteiger partial charge is 0.307 e. The maximum absolute atomic E-state index is 10.7. The van der Waals surface area contributed by atoms with Gasteiger partial charge in [-0.05, 0) is 26.2 Å². The van der Waals surface area contributed by atoms with Crippen LogP contribution in [0.25, 0.3) is 0 Å². The molecule has 1 aliphatic rings. The van der Waals surface area contributed by atoms with Crippen LogP contribution < -0.4 is 0 Å². The molecule has 0 amide bonds. The maximum Gasteiger partial charge on any atom is 0.307 e. The summed E-state index contributed by atoms with van der Waals surface area (Å²) in [5.74, 6) is 0.0970. The van der Waals surface area contributed by atoms with Crippen LogP contribution in [0.5, 0.6) is 0 Å². The first-order valence-electron chi connectivity index (χ1n) is 5.82. The topological polar surface area (TPSA) is 55.1 Å². The molecule has 0 atom stereocenters. The predicted octanol–water partition coefficient (Wildman–Crippen LogP) is 1.93. The fourth-order valence-electron chi connectivity index (χ4n) is 2.07. The molecule has 88 valence electrons. The zero-order valence-corrected chi connectivity index (χ0v) is 9.86. The Bertz CT molecular complexity index is 405. The van der Waals surface area contributed by atoms with Crippen molar-refractivity contribution in [3.8, 4) is 0 Å². The molecule has 4 heteroatoms. The van der Waals surface area contributed by atoms with E-state index in [-0.39, 0.29) is 6.42 Å². The zero-order valence-electron chi connectivity index (χ0n) is 9.86. The number of carbonyl (C=O) groups is 1. The van der Waals surface area contributed by atoms with E-state index in [1.165, 1.54) is 19.3 Å². The molecule has 0 aliphatic heterocycles. The maximum atomic E-state index is 10.7. The highest BCUT2D eigenvalue weighted by molar-refractivity contribution is 5.70. The van der Waals surface area contributed by atoms with Gasteiger partial charge in [0.1, 0.15) is 0 Å². The molecule has 4 nitrogen and oxygen atoms in total. The molecule has 1 fully saturated rings. The summed E-state index contributed by atoms with van der Waals surface area (Å²) < 4.78 is 1.96. The number of carboxylic acids is 1. The van der Waals surface area contributed by atoms with E-state index in [0.29, 0.717) is 0 Å². The summed E-state index contributed by atoms with van der Waals surface area (Å²) in [6, 6.07) is 0. The third-order valence-corrected chi connectivity index (χ3v) is 3.31. The third kappa shape index (κ3) is 2.43. The van der Waals surface area contributed by atoms with Crippen LogP contribution in [-0.4, -0.2) is 20.9 Å². The van der Waals surface area contributed by atoms with Crippen molar-refractivity contribution in [1.29, 1.82) is 0 Å². The fraction of sp³-hybridized carbons (Fsp3) is 0.667. The molecule has 1 aromatic heterocycles. The molecule has 1 saturated carbocycles. The van der Waals surface area contributed by atoms with Crippen LogP contribution in [0.4, 0.5) is 0 Å². The van der Waals surface area contributed by atoms with E-state index >= 15 is 0 Å². The first kappa shape index (κ1) is 11.2. The minimum atomic E-state index is -0.784. The first-order chi connectivity index (χ1) is 7.58. The van der Waals surface area contributed by atoms with E-state index in [1.54, 1.807) is 0 Å². The second-order valence-electron chi connectivity index (χ2n) is 4.68. The van der Waals surface area contributed by atoms with Crippen LogP contribution >= 0.6 is 0 Å². The molecule has 0 saturated heterocycles. The van der Waals surface area contributed by atoms with E-state index in [1.807, 2.05) is 18.5 Å². The van der Waals surface area contributed by atoms with Crippen LogP contribution in [-0.2, 0) is 17.8 Å². The van der Waals surface area contributed by atoms with E-state index < -0.39 is 5.97 Å². The van der Waals surface area contributed by atoms with Crippen molar-refractivity contribution >= 4 is 5.97 Å². The molecule has 0 radical (unpaired) electrons. The van der Waals surface area contributed by atoms with Crippen LogP contribution in [0.2, 0.25) is 0 Å². The lowest BCUT2D eigenvalue weighted by molar-refractivity contribution is -0.136. The average Bonchev–Trinajstić information content (AvgIpc) is 2.99. The lowest BCUT2D eigenvalue weighted by atomic mass is 10.1. The summed E-state index contributed by atoms with van der Waals surface area (Å²) in [6.45, 7) is 4.78. The van der Waals surface area contributed by atoms with Gasteiger partial charge in [-0.25, -0.2) is 0 Å². The van der Waals surface area contributed by atoms with E-state index in [4.69, 9.17) is 5.11 Å². The van der Waals surface area contributed by atoms with Crippen molar-refractivity contribution < 1.29 is 9.90 Å². The molecular formula is C12H18N2O2. The van der Waals surface area contributed by atoms with Crippen molar-refractivity contribution in [3.63, 3.8) is 0 Å².